The van der Waals surface area contributed by atoms with Gasteiger partial charge in [0.25, 0.3) is 0 Å². The maximum atomic E-state index is 11.5. The molecule has 4 nitrogen and oxygen atoms in total. The summed E-state index contributed by atoms with van der Waals surface area (Å²) in [5.74, 6) is 0.213. The molecule has 1 N–H and O–H groups in total. The number of nitrogens with one attached hydrogen (secondary N) is 1. The Hall–Kier alpha value is -1.29. The zero-order chi connectivity index (χ0) is 14.0. The minimum Gasteiger partial charge on any atom is -0.371 e. The molecule has 2 fully saturated rings. The second kappa shape index (κ2) is 5.60. The maximum Gasteiger partial charge on any atom is 0.220 e. The molecule has 0 aromatic carbocycles. The van der Waals surface area contributed by atoms with Gasteiger partial charge in [-0.2, -0.15) is 0 Å². The van der Waals surface area contributed by atoms with Gasteiger partial charge in [0.05, 0.1) is 0 Å². The molecule has 3 heterocycles. The van der Waals surface area contributed by atoms with E-state index in [9.17, 15) is 4.79 Å². The highest BCUT2D eigenvalue weighted by molar-refractivity contribution is 6.29. The Morgan fingerprint density at radius 3 is 2.80 bits per heavy atom. The molecule has 0 bridgehead atoms. The van der Waals surface area contributed by atoms with Crippen LogP contribution in [-0.4, -0.2) is 30.5 Å². The van der Waals surface area contributed by atoms with Gasteiger partial charge in [-0.05, 0) is 43.2 Å². The van der Waals surface area contributed by atoms with Crippen LogP contribution < -0.4 is 10.2 Å². The van der Waals surface area contributed by atoms with Crippen molar-refractivity contribution in [2.24, 2.45) is 5.41 Å². The molecule has 5 heteroatoms. The van der Waals surface area contributed by atoms with Crippen molar-refractivity contribution in [2.75, 3.05) is 24.5 Å². The third-order valence-electron chi connectivity index (χ3n) is 4.76. The van der Waals surface area contributed by atoms with Gasteiger partial charge in [0, 0.05) is 37.9 Å². The molecular weight excluding hydrogens is 274 g/mol. The highest BCUT2D eigenvalue weighted by Crippen LogP contribution is 2.41. The molecule has 108 valence electrons. The standard InChI is InChI=1S/C15H20ClN3O/c16-13-11-12(2-7-17-13)19-9-5-15(6-10-19)3-1-14(20)18-8-4-15/h2,7,11H,1,3-6,8-10H2,(H,18,20). The average Bonchev–Trinajstić information content (AvgIpc) is 2.63. The van der Waals surface area contributed by atoms with Crippen molar-refractivity contribution in [1.29, 1.82) is 0 Å². The number of halogens is 1. The van der Waals surface area contributed by atoms with Crippen LogP contribution in [0.2, 0.25) is 5.15 Å². The first-order valence-corrected chi connectivity index (χ1v) is 7.68. The second-order valence-corrected chi connectivity index (χ2v) is 6.31. The Bertz CT molecular complexity index is 498. The Morgan fingerprint density at radius 2 is 2.05 bits per heavy atom. The highest BCUT2D eigenvalue weighted by atomic mass is 35.5. The van der Waals surface area contributed by atoms with Crippen molar-refractivity contribution >= 4 is 23.2 Å². The quantitative estimate of drug-likeness (QED) is 0.810. The SMILES string of the molecule is O=C1CCC2(CCN1)CCN(c1ccnc(Cl)c1)CC2. The van der Waals surface area contributed by atoms with E-state index in [2.05, 4.69) is 15.2 Å². The van der Waals surface area contributed by atoms with E-state index in [1.807, 2.05) is 12.1 Å². The highest BCUT2D eigenvalue weighted by Gasteiger charge is 2.36. The van der Waals surface area contributed by atoms with E-state index in [1.54, 1.807) is 6.20 Å². The van der Waals surface area contributed by atoms with Crippen molar-refractivity contribution < 1.29 is 4.79 Å². The van der Waals surface area contributed by atoms with Crippen LogP contribution in [0.25, 0.3) is 0 Å². The van der Waals surface area contributed by atoms with Crippen molar-refractivity contribution in [3.8, 4) is 0 Å². The van der Waals surface area contributed by atoms with Crippen molar-refractivity contribution in [1.82, 2.24) is 10.3 Å². The molecule has 2 aliphatic heterocycles. The number of pyridine rings is 1. The number of hydrogen-bond acceptors (Lipinski definition) is 3. The summed E-state index contributed by atoms with van der Waals surface area (Å²) in [5, 5.41) is 3.54. The Labute approximate surface area is 124 Å². The predicted molar refractivity (Wildman–Crippen MR) is 80.0 cm³/mol. The van der Waals surface area contributed by atoms with Gasteiger partial charge in [-0.1, -0.05) is 11.6 Å². The molecule has 2 saturated heterocycles. The van der Waals surface area contributed by atoms with Crippen LogP contribution in [0, 0.1) is 5.41 Å². The number of rotatable bonds is 1. The lowest BCUT2D eigenvalue weighted by Gasteiger charge is -2.42. The molecule has 0 aliphatic carbocycles. The lowest BCUT2D eigenvalue weighted by Crippen LogP contribution is -2.40. The van der Waals surface area contributed by atoms with Crippen LogP contribution in [-0.2, 0) is 4.79 Å². The number of aromatic nitrogens is 1. The van der Waals surface area contributed by atoms with Crippen LogP contribution >= 0.6 is 11.6 Å². The first kappa shape index (κ1) is 13.7. The number of amides is 1. The normalized spacial score (nSPS) is 22.4. The van der Waals surface area contributed by atoms with Crippen LogP contribution in [0.4, 0.5) is 5.69 Å². The van der Waals surface area contributed by atoms with E-state index in [-0.39, 0.29) is 5.91 Å². The average molecular weight is 294 g/mol. The van der Waals surface area contributed by atoms with Crippen molar-refractivity contribution in [2.45, 2.75) is 32.1 Å². The topological polar surface area (TPSA) is 45.2 Å². The van der Waals surface area contributed by atoms with Gasteiger partial charge in [-0.3, -0.25) is 4.79 Å². The van der Waals surface area contributed by atoms with Crippen LogP contribution in [0.3, 0.4) is 0 Å². The minimum atomic E-state index is 0.213. The fourth-order valence-corrected chi connectivity index (χ4v) is 3.56. The fourth-order valence-electron chi connectivity index (χ4n) is 3.39. The molecule has 1 amide bonds. The lowest BCUT2D eigenvalue weighted by atomic mass is 9.73. The summed E-state index contributed by atoms with van der Waals surface area (Å²) in [6.45, 7) is 2.91. The molecule has 0 unspecified atom stereocenters. The van der Waals surface area contributed by atoms with Gasteiger partial charge in [0.15, 0.2) is 0 Å². The first-order valence-electron chi connectivity index (χ1n) is 7.30. The Kier molecular flexibility index (Phi) is 3.83. The van der Waals surface area contributed by atoms with E-state index < -0.39 is 0 Å². The van der Waals surface area contributed by atoms with Gasteiger partial charge in [-0.25, -0.2) is 4.98 Å². The van der Waals surface area contributed by atoms with Gasteiger partial charge >= 0.3 is 0 Å². The molecule has 1 spiro atoms. The third-order valence-corrected chi connectivity index (χ3v) is 4.97. The number of piperidine rings is 1. The third kappa shape index (κ3) is 2.90. The van der Waals surface area contributed by atoms with Crippen LogP contribution in [0.15, 0.2) is 18.3 Å². The Balaban J connectivity index is 1.65. The molecule has 1 aromatic rings. The predicted octanol–water partition coefficient (Wildman–Crippen LogP) is 2.62. The Morgan fingerprint density at radius 1 is 1.25 bits per heavy atom. The molecule has 0 radical (unpaired) electrons. The van der Waals surface area contributed by atoms with E-state index in [1.165, 1.54) is 0 Å². The summed E-state index contributed by atoms with van der Waals surface area (Å²) in [6, 6.07) is 3.94. The summed E-state index contributed by atoms with van der Waals surface area (Å²) in [6.07, 6.45) is 6.90. The number of hydrogen-bond donors (Lipinski definition) is 1. The number of nitrogens with zero attached hydrogens (tertiary/aromatic N) is 2. The molecule has 20 heavy (non-hydrogen) atoms. The molecule has 0 atom stereocenters. The summed E-state index contributed by atoms with van der Waals surface area (Å²) >= 11 is 5.96. The summed E-state index contributed by atoms with van der Waals surface area (Å²) in [4.78, 5) is 17.9. The van der Waals surface area contributed by atoms with Gasteiger partial charge in [0.2, 0.25) is 5.91 Å². The minimum absolute atomic E-state index is 0.213. The van der Waals surface area contributed by atoms with Crippen molar-refractivity contribution in [3.05, 3.63) is 23.5 Å². The number of carbonyl (C=O) groups is 1. The van der Waals surface area contributed by atoms with Gasteiger partial charge < -0.3 is 10.2 Å². The monoisotopic (exact) mass is 293 g/mol. The van der Waals surface area contributed by atoms with Crippen molar-refractivity contribution in [3.63, 3.8) is 0 Å². The molecule has 1 aromatic heterocycles. The van der Waals surface area contributed by atoms with Crippen LogP contribution in [0.1, 0.15) is 32.1 Å². The van der Waals surface area contributed by atoms with E-state index in [0.29, 0.717) is 17.0 Å². The van der Waals surface area contributed by atoms with Crippen LogP contribution in [0.5, 0.6) is 0 Å². The number of carbonyl (C=O) groups excluding carboxylic acids is 1. The van der Waals surface area contributed by atoms with E-state index in [0.717, 1.165) is 51.0 Å². The molecule has 3 rings (SSSR count). The first-order chi connectivity index (χ1) is 9.67. The second-order valence-electron chi connectivity index (χ2n) is 5.92. The molecule has 0 saturated carbocycles. The van der Waals surface area contributed by atoms with Gasteiger partial charge in [0.1, 0.15) is 5.15 Å². The lowest BCUT2D eigenvalue weighted by molar-refractivity contribution is -0.120. The fraction of sp³-hybridized carbons (Fsp3) is 0.600. The van der Waals surface area contributed by atoms with E-state index >= 15 is 0 Å². The number of anilines is 1. The maximum absolute atomic E-state index is 11.5. The van der Waals surface area contributed by atoms with E-state index in [4.69, 9.17) is 11.6 Å². The molecule has 2 aliphatic rings. The zero-order valence-electron chi connectivity index (χ0n) is 11.6. The zero-order valence-corrected chi connectivity index (χ0v) is 12.3. The summed E-state index contributed by atoms with van der Waals surface area (Å²) in [5.41, 5.74) is 1.51. The molecular formula is C15H20ClN3O. The summed E-state index contributed by atoms with van der Waals surface area (Å²) in [7, 11) is 0. The van der Waals surface area contributed by atoms with Gasteiger partial charge in [-0.15, -0.1) is 0 Å². The smallest absolute Gasteiger partial charge is 0.220 e. The summed E-state index contributed by atoms with van der Waals surface area (Å²) < 4.78 is 0. The largest absolute Gasteiger partial charge is 0.371 e.